The summed E-state index contributed by atoms with van der Waals surface area (Å²) in [5.41, 5.74) is 12.6. The molecule has 0 spiro atoms. The molecule has 2 aromatic carbocycles. The predicted octanol–water partition coefficient (Wildman–Crippen LogP) is 5.03. The van der Waals surface area contributed by atoms with Crippen LogP contribution in [0.3, 0.4) is 0 Å². The average molecular weight is 431 g/mol. The Morgan fingerprint density at radius 1 is 0.862 bits per heavy atom. The molecule has 2 rings (SSSR count). The highest BCUT2D eigenvalue weighted by Gasteiger charge is 2.06. The summed E-state index contributed by atoms with van der Waals surface area (Å²) in [6, 6.07) is 17.4. The van der Waals surface area contributed by atoms with Gasteiger partial charge in [-0.1, -0.05) is 74.7 Å². The molecule has 0 radical (unpaired) electrons. The molecule has 0 amide bonds. The molecule has 0 bridgehead atoms. The first-order chi connectivity index (χ1) is 14.1. The molecule has 0 fully saturated rings. The lowest BCUT2D eigenvalue weighted by atomic mass is 10.1. The standard InChI is InChI=1S/C23H31N2O2PS/c24-23(29)19-14-16-20(17-15-19)27-22(26)13-9-4-2-1-3-5-10-18-28(25)21-11-7-6-8-12-21/h6-8,11-12,14-17H,1-5,9-10,13,18,25H2,(H2,24,29). The Balaban J connectivity index is 1.46. The number of rotatable bonds is 13. The molecule has 0 aliphatic heterocycles. The van der Waals surface area contributed by atoms with Crippen LogP contribution in [-0.2, 0) is 4.79 Å². The van der Waals surface area contributed by atoms with E-state index in [9.17, 15) is 4.79 Å². The van der Waals surface area contributed by atoms with Gasteiger partial charge in [0.25, 0.3) is 0 Å². The van der Waals surface area contributed by atoms with Gasteiger partial charge in [-0.05, 0) is 56.6 Å². The lowest BCUT2D eigenvalue weighted by Crippen LogP contribution is -2.10. The average Bonchev–Trinajstić information content (AvgIpc) is 2.73. The molecule has 0 aromatic heterocycles. The van der Waals surface area contributed by atoms with E-state index in [-0.39, 0.29) is 5.97 Å². The lowest BCUT2D eigenvalue weighted by Gasteiger charge is -2.11. The van der Waals surface area contributed by atoms with Crippen LogP contribution < -0.4 is 21.3 Å². The second kappa shape index (κ2) is 13.4. The highest BCUT2D eigenvalue weighted by atomic mass is 32.1. The van der Waals surface area contributed by atoms with Crippen LogP contribution in [0.4, 0.5) is 0 Å². The molecule has 1 unspecified atom stereocenters. The third-order valence-corrected chi connectivity index (χ3v) is 6.73. The highest BCUT2D eigenvalue weighted by Crippen LogP contribution is 2.26. The van der Waals surface area contributed by atoms with Crippen LogP contribution in [-0.4, -0.2) is 17.1 Å². The summed E-state index contributed by atoms with van der Waals surface area (Å²) >= 11 is 4.91. The number of unbranched alkanes of at least 4 members (excludes halogenated alkanes) is 6. The van der Waals surface area contributed by atoms with Gasteiger partial charge in [0, 0.05) is 12.0 Å². The molecule has 2 aromatic rings. The van der Waals surface area contributed by atoms with E-state index in [1.165, 1.54) is 31.0 Å². The van der Waals surface area contributed by atoms with Crippen molar-refractivity contribution in [1.82, 2.24) is 0 Å². The third kappa shape index (κ3) is 9.49. The van der Waals surface area contributed by atoms with Crippen LogP contribution in [0.5, 0.6) is 5.75 Å². The fourth-order valence-electron chi connectivity index (χ4n) is 3.05. The number of ether oxygens (including phenoxy) is 1. The van der Waals surface area contributed by atoms with Gasteiger partial charge in [0.2, 0.25) is 0 Å². The maximum atomic E-state index is 11.9. The van der Waals surface area contributed by atoms with Gasteiger partial charge in [0.05, 0.1) is 0 Å². The number of hydrogen-bond acceptors (Lipinski definition) is 4. The molecule has 4 N–H and O–H groups in total. The number of benzene rings is 2. The van der Waals surface area contributed by atoms with E-state index >= 15 is 0 Å². The number of carbonyl (C=O) groups is 1. The van der Waals surface area contributed by atoms with Crippen LogP contribution in [0.15, 0.2) is 54.6 Å². The van der Waals surface area contributed by atoms with E-state index in [0.29, 0.717) is 17.2 Å². The Morgan fingerprint density at radius 2 is 1.45 bits per heavy atom. The topological polar surface area (TPSA) is 78.3 Å². The van der Waals surface area contributed by atoms with E-state index in [4.69, 9.17) is 28.2 Å². The summed E-state index contributed by atoms with van der Waals surface area (Å²) < 4.78 is 5.33. The molecule has 0 saturated carbocycles. The van der Waals surface area contributed by atoms with Crippen molar-refractivity contribution in [2.45, 2.75) is 51.4 Å². The van der Waals surface area contributed by atoms with Crippen molar-refractivity contribution in [2.75, 3.05) is 6.16 Å². The zero-order valence-electron chi connectivity index (χ0n) is 16.9. The molecule has 29 heavy (non-hydrogen) atoms. The van der Waals surface area contributed by atoms with Gasteiger partial charge in [0.15, 0.2) is 0 Å². The minimum Gasteiger partial charge on any atom is -0.427 e. The third-order valence-electron chi connectivity index (χ3n) is 4.74. The van der Waals surface area contributed by atoms with Crippen molar-refractivity contribution in [1.29, 1.82) is 0 Å². The maximum absolute atomic E-state index is 11.9. The summed E-state index contributed by atoms with van der Waals surface area (Å²) in [6.07, 6.45) is 9.50. The Kier molecular flexibility index (Phi) is 10.9. The molecular formula is C23H31N2O2PS. The van der Waals surface area contributed by atoms with Gasteiger partial charge in [-0.15, -0.1) is 0 Å². The van der Waals surface area contributed by atoms with E-state index in [1.807, 2.05) is 6.07 Å². The molecule has 0 aliphatic carbocycles. The minimum absolute atomic E-state index is 0.190. The van der Waals surface area contributed by atoms with E-state index in [1.54, 1.807) is 24.3 Å². The zero-order chi connectivity index (χ0) is 20.9. The van der Waals surface area contributed by atoms with Gasteiger partial charge in [0.1, 0.15) is 10.7 Å². The minimum atomic E-state index is -0.504. The van der Waals surface area contributed by atoms with Crippen LogP contribution in [0.25, 0.3) is 0 Å². The number of hydrogen-bond donors (Lipinski definition) is 2. The van der Waals surface area contributed by atoms with Crippen LogP contribution in [0.1, 0.15) is 56.9 Å². The molecular weight excluding hydrogens is 399 g/mol. The largest absolute Gasteiger partial charge is 0.427 e. The Bertz CT molecular complexity index is 753. The van der Waals surface area contributed by atoms with Gasteiger partial charge in [-0.25, -0.2) is 0 Å². The SMILES string of the molecule is NC(=S)c1ccc(OC(=O)CCCCCCCCCP(N)c2ccccc2)cc1. The van der Waals surface area contributed by atoms with Crippen LogP contribution in [0.2, 0.25) is 0 Å². The zero-order valence-corrected chi connectivity index (χ0v) is 18.6. The molecule has 4 nitrogen and oxygen atoms in total. The number of thiocarbonyl (C=S) groups is 1. The number of nitrogens with two attached hydrogens (primary N) is 2. The molecule has 156 valence electrons. The van der Waals surface area contributed by atoms with Crippen molar-refractivity contribution in [3.8, 4) is 5.75 Å². The van der Waals surface area contributed by atoms with Crippen LogP contribution in [0, 0.1) is 0 Å². The lowest BCUT2D eigenvalue weighted by molar-refractivity contribution is -0.134. The molecule has 6 heteroatoms. The molecule has 0 heterocycles. The molecule has 1 atom stereocenters. The number of esters is 1. The van der Waals surface area contributed by atoms with Crippen LogP contribution >= 0.6 is 20.3 Å². The van der Waals surface area contributed by atoms with Crippen molar-refractivity contribution in [3.05, 3.63) is 60.2 Å². The van der Waals surface area contributed by atoms with E-state index in [2.05, 4.69) is 24.3 Å². The Labute approximate surface area is 180 Å². The first kappa shape index (κ1) is 23.5. The number of carbonyl (C=O) groups excluding carboxylic acids is 1. The fourth-order valence-corrected chi connectivity index (χ4v) is 4.57. The second-order valence-corrected chi connectivity index (χ2v) is 9.46. The van der Waals surface area contributed by atoms with Gasteiger partial charge >= 0.3 is 5.97 Å². The maximum Gasteiger partial charge on any atom is 0.311 e. The van der Waals surface area contributed by atoms with Crippen molar-refractivity contribution >= 4 is 36.6 Å². The summed E-state index contributed by atoms with van der Waals surface area (Å²) in [7, 11) is -0.504. The van der Waals surface area contributed by atoms with Crippen molar-refractivity contribution in [2.24, 2.45) is 11.2 Å². The van der Waals surface area contributed by atoms with E-state index < -0.39 is 8.07 Å². The molecule has 0 saturated heterocycles. The first-order valence-corrected chi connectivity index (χ1v) is 12.2. The van der Waals surface area contributed by atoms with E-state index in [0.717, 1.165) is 31.0 Å². The van der Waals surface area contributed by atoms with Gasteiger partial charge < -0.3 is 16.0 Å². The Morgan fingerprint density at radius 3 is 2.07 bits per heavy atom. The van der Waals surface area contributed by atoms with Crippen molar-refractivity contribution < 1.29 is 9.53 Å². The fraction of sp³-hybridized carbons (Fsp3) is 0.391. The highest BCUT2D eigenvalue weighted by molar-refractivity contribution is 7.80. The van der Waals surface area contributed by atoms with Gasteiger partial charge in [-0.2, -0.15) is 0 Å². The molecule has 0 aliphatic rings. The van der Waals surface area contributed by atoms with Gasteiger partial charge in [-0.3, -0.25) is 4.79 Å². The normalized spacial score (nSPS) is 11.8. The summed E-state index contributed by atoms with van der Waals surface area (Å²) in [4.78, 5) is 12.2. The smallest absolute Gasteiger partial charge is 0.311 e. The summed E-state index contributed by atoms with van der Waals surface area (Å²) in [5.74, 6) is 0.343. The van der Waals surface area contributed by atoms with Crippen molar-refractivity contribution in [3.63, 3.8) is 0 Å². The quantitative estimate of drug-likeness (QED) is 0.153. The monoisotopic (exact) mass is 430 g/mol. The predicted molar refractivity (Wildman–Crippen MR) is 127 cm³/mol. The Hall–Kier alpha value is -1.81. The summed E-state index contributed by atoms with van der Waals surface area (Å²) in [5, 5.41) is 1.29. The summed E-state index contributed by atoms with van der Waals surface area (Å²) in [6.45, 7) is 0. The first-order valence-electron chi connectivity index (χ1n) is 10.2. The second-order valence-electron chi connectivity index (χ2n) is 7.12.